The Labute approximate surface area is 189 Å². The van der Waals surface area contributed by atoms with Crippen molar-refractivity contribution in [1.82, 2.24) is 9.38 Å². The molecule has 1 aliphatic carbocycles. The Morgan fingerprint density at radius 1 is 0.800 bits per heavy atom. The Bertz CT molecular complexity index is 661. The maximum Gasteiger partial charge on any atom is 0.194 e. The molecule has 2 aromatic rings. The van der Waals surface area contributed by atoms with Crippen LogP contribution in [-0.2, 0) is 6.42 Å². The van der Waals surface area contributed by atoms with Crippen LogP contribution in [0, 0.1) is 5.92 Å². The van der Waals surface area contributed by atoms with Crippen molar-refractivity contribution in [1.29, 1.82) is 0 Å². The van der Waals surface area contributed by atoms with Crippen molar-refractivity contribution < 1.29 is 0 Å². The van der Waals surface area contributed by atoms with Gasteiger partial charge in [0.05, 0.1) is 5.69 Å². The van der Waals surface area contributed by atoms with E-state index in [0.29, 0.717) is 0 Å². The molecule has 3 rings (SSSR count). The van der Waals surface area contributed by atoms with Gasteiger partial charge in [0.2, 0.25) is 0 Å². The number of rotatable bonds is 15. The van der Waals surface area contributed by atoms with Crippen molar-refractivity contribution in [2.45, 2.75) is 135 Å². The molecule has 0 aromatic carbocycles. The Morgan fingerprint density at radius 2 is 1.43 bits per heavy atom. The monoisotopic (exact) mass is 430 g/mol. The molecule has 2 nitrogen and oxygen atoms in total. The third kappa shape index (κ3) is 7.70. The number of imidazole rings is 1. The zero-order valence-corrected chi connectivity index (χ0v) is 20.7. The molecule has 0 unspecified atom stereocenters. The molecule has 0 aliphatic heterocycles. The minimum absolute atomic E-state index is 0.791. The lowest BCUT2D eigenvalue weighted by Crippen LogP contribution is -2.12. The van der Waals surface area contributed by atoms with Crippen LogP contribution in [0.3, 0.4) is 0 Å². The highest BCUT2D eigenvalue weighted by atomic mass is 32.1. The van der Waals surface area contributed by atoms with Gasteiger partial charge in [-0.25, -0.2) is 4.98 Å². The number of hydrogen-bond acceptors (Lipinski definition) is 2. The van der Waals surface area contributed by atoms with E-state index in [1.165, 1.54) is 120 Å². The molecule has 0 atom stereocenters. The van der Waals surface area contributed by atoms with E-state index in [-0.39, 0.29) is 0 Å². The molecule has 0 bridgehead atoms. The summed E-state index contributed by atoms with van der Waals surface area (Å²) in [6.45, 7) is 4.59. The van der Waals surface area contributed by atoms with Crippen LogP contribution in [0.1, 0.15) is 139 Å². The van der Waals surface area contributed by atoms with Crippen LogP contribution >= 0.6 is 11.3 Å². The quantitative estimate of drug-likeness (QED) is 0.257. The second kappa shape index (κ2) is 13.6. The standard InChI is InChI=1S/C27H46N2S/c1-3-5-7-9-10-12-14-16-25-21-29-22-26(30-27(29)28-25)24-19-17-23(18-20-24)15-13-11-8-6-4-2/h21-24H,3-20H2,1-2H3/t23-,24-. The van der Waals surface area contributed by atoms with Crippen LogP contribution in [0.2, 0.25) is 0 Å². The van der Waals surface area contributed by atoms with Gasteiger partial charge in [-0.15, -0.1) is 11.3 Å². The van der Waals surface area contributed by atoms with E-state index in [9.17, 15) is 0 Å². The highest BCUT2D eigenvalue weighted by molar-refractivity contribution is 7.17. The molecule has 2 aromatic heterocycles. The molecule has 3 heteroatoms. The van der Waals surface area contributed by atoms with E-state index in [1.807, 2.05) is 11.3 Å². The third-order valence-electron chi connectivity index (χ3n) is 7.23. The van der Waals surface area contributed by atoms with Gasteiger partial charge in [-0.05, 0) is 50.4 Å². The van der Waals surface area contributed by atoms with Crippen LogP contribution in [0.25, 0.3) is 4.96 Å². The first-order valence-corrected chi connectivity index (χ1v) is 14.1. The fourth-order valence-corrected chi connectivity index (χ4v) is 6.36. The maximum absolute atomic E-state index is 4.94. The van der Waals surface area contributed by atoms with Crippen LogP contribution in [0.15, 0.2) is 12.4 Å². The van der Waals surface area contributed by atoms with Crippen LogP contribution in [-0.4, -0.2) is 9.38 Å². The van der Waals surface area contributed by atoms with Gasteiger partial charge in [-0.2, -0.15) is 0 Å². The summed E-state index contributed by atoms with van der Waals surface area (Å²) >= 11 is 1.96. The number of unbranched alkanes of at least 4 members (excludes halogenated alkanes) is 10. The van der Waals surface area contributed by atoms with Crippen molar-refractivity contribution in [3.05, 3.63) is 23.0 Å². The normalized spacial score (nSPS) is 19.7. The Kier molecular flexibility index (Phi) is 10.8. The summed E-state index contributed by atoms with van der Waals surface area (Å²) < 4.78 is 2.32. The van der Waals surface area contributed by atoms with Gasteiger partial charge in [-0.1, -0.05) is 90.9 Å². The van der Waals surface area contributed by atoms with Crippen molar-refractivity contribution in [2.75, 3.05) is 0 Å². The van der Waals surface area contributed by atoms with Gasteiger partial charge in [0.1, 0.15) is 0 Å². The SMILES string of the molecule is CCCCCCCCCc1cn2cc([C@H]3CC[C@H](CCCCCCC)CC3)sc2n1. The molecule has 2 heterocycles. The van der Waals surface area contributed by atoms with Gasteiger partial charge >= 0.3 is 0 Å². The molecule has 0 radical (unpaired) electrons. The lowest BCUT2D eigenvalue weighted by Gasteiger charge is -2.27. The van der Waals surface area contributed by atoms with Gasteiger partial charge in [-0.3, -0.25) is 4.40 Å². The fraction of sp³-hybridized carbons (Fsp3) is 0.815. The first kappa shape index (κ1) is 23.8. The summed E-state index contributed by atoms with van der Waals surface area (Å²) in [7, 11) is 0. The average Bonchev–Trinajstić information content (AvgIpc) is 3.32. The first-order valence-electron chi connectivity index (χ1n) is 13.3. The molecule has 0 spiro atoms. The Balaban J connectivity index is 1.35. The van der Waals surface area contributed by atoms with Gasteiger partial charge in [0, 0.05) is 17.3 Å². The zero-order chi connectivity index (χ0) is 21.0. The number of hydrogen-bond donors (Lipinski definition) is 0. The number of nitrogens with zero attached hydrogens (tertiary/aromatic N) is 2. The maximum atomic E-state index is 4.94. The fourth-order valence-electron chi connectivity index (χ4n) is 5.21. The summed E-state index contributed by atoms with van der Waals surface area (Å²) in [5, 5.41) is 0. The number of thiazole rings is 1. The molecule has 0 amide bonds. The highest BCUT2D eigenvalue weighted by Gasteiger charge is 2.24. The molecule has 0 N–H and O–H groups in total. The summed E-state index contributed by atoms with van der Waals surface area (Å²) in [6.07, 6.45) is 29.8. The Morgan fingerprint density at radius 3 is 2.10 bits per heavy atom. The van der Waals surface area contributed by atoms with E-state index in [2.05, 4.69) is 30.6 Å². The number of aryl methyl sites for hydroxylation is 1. The lowest BCUT2D eigenvalue weighted by atomic mass is 9.79. The summed E-state index contributed by atoms with van der Waals surface area (Å²) in [5.74, 6) is 1.79. The number of aromatic nitrogens is 2. The Hall–Kier alpha value is -0.830. The summed E-state index contributed by atoms with van der Waals surface area (Å²) in [5.41, 5.74) is 1.30. The minimum Gasteiger partial charge on any atom is -0.297 e. The van der Waals surface area contributed by atoms with E-state index in [4.69, 9.17) is 4.98 Å². The average molecular weight is 431 g/mol. The van der Waals surface area contributed by atoms with E-state index < -0.39 is 0 Å². The molecule has 1 aliphatic rings. The predicted molar refractivity (Wildman–Crippen MR) is 133 cm³/mol. The third-order valence-corrected chi connectivity index (χ3v) is 8.38. The van der Waals surface area contributed by atoms with Crippen molar-refractivity contribution in [3.8, 4) is 0 Å². The molecular formula is C27H46N2S. The van der Waals surface area contributed by atoms with Crippen molar-refractivity contribution in [2.24, 2.45) is 5.92 Å². The number of fused-ring (bicyclic) bond motifs is 1. The van der Waals surface area contributed by atoms with Gasteiger partial charge in [0.25, 0.3) is 0 Å². The molecule has 170 valence electrons. The summed E-state index contributed by atoms with van der Waals surface area (Å²) in [6, 6.07) is 0. The van der Waals surface area contributed by atoms with Crippen LogP contribution < -0.4 is 0 Å². The molecule has 1 fully saturated rings. The molecular weight excluding hydrogens is 384 g/mol. The molecule has 0 saturated heterocycles. The van der Waals surface area contributed by atoms with Crippen molar-refractivity contribution >= 4 is 16.3 Å². The zero-order valence-electron chi connectivity index (χ0n) is 19.8. The molecule has 30 heavy (non-hydrogen) atoms. The van der Waals surface area contributed by atoms with Crippen molar-refractivity contribution in [3.63, 3.8) is 0 Å². The highest BCUT2D eigenvalue weighted by Crippen LogP contribution is 2.40. The van der Waals surface area contributed by atoms with Gasteiger partial charge < -0.3 is 0 Å². The van der Waals surface area contributed by atoms with Crippen LogP contribution in [0.4, 0.5) is 0 Å². The first-order chi connectivity index (χ1) is 14.8. The largest absolute Gasteiger partial charge is 0.297 e. The molecule has 1 saturated carbocycles. The lowest BCUT2D eigenvalue weighted by molar-refractivity contribution is 0.303. The van der Waals surface area contributed by atoms with E-state index >= 15 is 0 Å². The predicted octanol–water partition coefficient (Wildman–Crippen LogP) is 9.32. The summed E-state index contributed by atoms with van der Waals surface area (Å²) in [4.78, 5) is 7.74. The topological polar surface area (TPSA) is 17.3 Å². The van der Waals surface area contributed by atoms with Crippen LogP contribution in [0.5, 0.6) is 0 Å². The second-order valence-corrected chi connectivity index (χ2v) is 10.9. The smallest absolute Gasteiger partial charge is 0.194 e. The van der Waals surface area contributed by atoms with E-state index in [1.54, 1.807) is 4.88 Å². The van der Waals surface area contributed by atoms with Gasteiger partial charge in [0.15, 0.2) is 4.96 Å². The minimum atomic E-state index is 0.791. The van der Waals surface area contributed by atoms with E-state index in [0.717, 1.165) is 18.3 Å². The second-order valence-electron chi connectivity index (χ2n) is 9.85.